The van der Waals surface area contributed by atoms with Crippen LogP contribution in [0.15, 0.2) is 78.0 Å². The molecule has 0 saturated carbocycles. The topological polar surface area (TPSA) is 59.8 Å². The number of hydrogen-bond donors (Lipinski definition) is 1. The molecule has 4 rings (SSSR count). The Balaban J connectivity index is 1.57. The standard InChI is InChI=1S/C25H23ClN4OS/c1-17-9-11-22(12-10-17)30-23(15-27-24(31)20-7-4-8-21(26)14-20)28-29-25(30)32-16-19-6-3-5-18(2)13-19/h3-14H,15-16H2,1-2H3,(H,27,31). The van der Waals surface area contributed by atoms with E-state index in [1.165, 1.54) is 16.7 Å². The van der Waals surface area contributed by atoms with Crippen molar-refractivity contribution in [1.29, 1.82) is 0 Å². The molecule has 4 aromatic rings. The van der Waals surface area contributed by atoms with E-state index in [1.54, 1.807) is 36.0 Å². The maximum absolute atomic E-state index is 12.6. The normalized spacial score (nSPS) is 10.8. The van der Waals surface area contributed by atoms with Crippen LogP contribution in [0.1, 0.15) is 32.9 Å². The highest BCUT2D eigenvalue weighted by Gasteiger charge is 2.16. The predicted octanol–water partition coefficient (Wildman–Crippen LogP) is 5.76. The van der Waals surface area contributed by atoms with Gasteiger partial charge in [-0.05, 0) is 49.7 Å². The van der Waals surface area contributed by atoms with Gasteiger partial charge < -0.3 is 5.32 Å². The molecule has 1 heterocycles. The zero-order valence-electron chi connectivity index (χ0n) is 17.9. The summed E-state index contributed by atoms with van der Waals surface area (Å²) in [4.78, 5) is 12.6. The van der Waals surface area contributed by atoms with E-state index in [2.05, 4.69) is 65.8 Å². The van der Waals surface area contributed by atoms with E-state index >= 15 is 0 Å². The molecule has 5 nitrogen and oxygen atoms in total. The van der Waals surface area contributed by atoms with Gasteiger partial charge in [-0.3, -0.25) is 9.36 Å². The third-order valence-corrected chi connectivity index (χ3v) is 6.17. The number of benzene rings is 3. The molecule has 0 radical (unpaired) electrons. The fraction of sp³-hybridized carbons (Fsp3) is 0.160. The minimum absolute atomic E-state index is 0.208. The molecule has 0 bridgehead atoms. The largest absolute Gasteiger partial charge is 0.345 e. The maximum Gasteiger partial charge on any atom is 0.251 e. The zero-order valence-corrected chi connectivity index (χ0v) is 19.5. The first-order valence-electron chi connectivity index (χ1n) is 10.2. The Morgan fingerprint density at radius 2 is 1.75 bits per heavy atom. The summed E-state index contributed by atoms with van der Waals surface area (Å²) in [7, 11) is 0. The van der Waals surface area contributed by atoms with Crippen LogP contribution in [0.5, 0.6) is 0 Å². The van der Waals surface area contributed by atoms with E-state index in [0.29, 0.717) is 16.4 Å². The molecule has 32 heavy (non-hydrogen) atoms. The lowest BCUT2D eigenvalue weighted by molar-refractivity contribution is 0.0949. The lowest BCUT2D eigenvalue weighted by atomic mass is 10.2. The number of aromatic nitrogens is 3. The van der Waals surface area contributed by atoms with E-state index in [0.717, 1.165) is 16.6 Å². The first kappa shape index (κ1) is 22.1. The number of nitrogens with one attached hydrogen (secondary N) is 1. The quantitative estimate of drug-likeness (QED) is 0.355. The molecule has 0 aliphatic heterocycles. The third kappa shape index (κ3) is 5.39. The molecular formula is C25H23ClN4OS. The van der Waals surface area contributed by atoms with Crippen molar-refractivity contribution < 1.29 is 4.79 Å². The Morgan fingerprint density at radius 1 is 0.969 bits per heavy atom. The Labute approximate surface area is 196 Å². The van der Waals surface area contributed by atoms with E-state index in [4.69, 9.17) is 11.6 Å². The van der Waals surface area contributed by atoms with E-state index < -0.39 is 0 Å². The number of hydrogen-bond acceptors (Lipinski definition) is 4. The fourth-order valence-electron chi connectivity index (χ4n) is 3.30. The third-order valence-electron chi connectivity index (χ3n) is 4.94. The molecule has 0 aliphatic rings. The Bertz CT molecular complexity index is 1240. The van der Waals surface area contributed by atoms with Gasteiger partial charge in [0.15, 0.2) is 11.0 Å². The van der Waals surface area contributed by atoms with Crippen molar-refractivity contribution in [3.8, 4) is 5.69 Å². The van der Waals surface area contributed by atoms with Gasteiger partial charge in [0, 0.05) is 22.0 Å². The number of nitrogens with zero attached hydrogens (tertiary/aromatic N) is 3. The molecule has 1 N–H and O–H groups in total. The summed E-state index contributed by atoms with van der Waals surface area (Å²) in [6.45, 7) is 4.39. The highest BCUT2D eigenvalue weighted by atomic mass is 35.5. The Hall–Kier alpha value is -3.09. The molecule has 0 atom stereocenters. The van der Waals surface area contributed by atoms with Crippen LogP contribution in [-0.4, -0.2) is 20.7 Å². The number of carbonyl (C=O) groups is 1. The number of aryl methyl sites for hydroxylation is 2. The molecule has 1 aromatic heterocycles. The highest BCUT2D eigenvalue weighted by Crippen LogP contribution is 2.26. The van der Waals surface area contributed by atoms with Crippen LogP contribution < -0.4 is 5.32 Å². The molecule has 0 spiro atoms. The lowest BCUT2D eigenvalue weighted by Crippen LogP contribution is -2.24. The van der Waals surface area contributed by atoms with Crippen LogP contribution in [0.25, 0.3) is 5.69 Å². The number of rotatable bonds is 7. The van der Waals surface area contributed by atoms with Gasteiger partial charge in [0.1, 0.15) is 0 Å². The van der Waals surface area contributed by atoms with E-state index in [-0.39, 0.29) is 12.5 Å². The van der Waals surface area contributed by atoms with Crippen LogP contribution in [0, 0.1) is 13.8 Å². The smallest absolute Gasteiger partial charge is 0.251 e. The second-order valence-electron chi connectivity index (χ2n) is 7.54. The molecule has 7 heteroatoms. The van der Waals surface area contributed by atoms with Crippen LogP contribution in [-0.2, 0) is 12.3 Å². The summed E-state index contributed by atoms with van der Waals surface area (Å²) < 4.78 is 2.00. The molecular weight excluding hydrogens is 440 g/mol. The monoisotopic (exact) mass is 462 g/mol. The van der Waals surface area contributed by atoms with Crippen LogP contribution in [0.2, 0.25) is 5.02 Å². The lowest BCUT2D eigenvalue weighted by Gasteiger charge is -2.12. The second kappa shape index (κ2) is 10.0. The molecule has 0 saturated heterocycles. The van der Waals surface area contributed by atoms with Gasteiger partial charge in [0.05, 0.1) is 6.54 Å². The molecule has 0 unspecified atom stereocenters. The summed E-state index contributed by atoms with van der Waals surface area (Å²) in [6, 6.07) is 23.5. The SMILES string of the molecule is Cc1ccc(-n2c(CNC(=O)c3cccc(Cl)c3)nnc2SCc2cccc(C)c2)cc1. The van der Waals surface area contributed by atoms with Gasteiger partial charge in [-0.2, -0.15) is 0 Å². The van der Waals surface area contributed by atoms with Gasteiger partial charge in [-0.1, -0.05) is 77.0 Å². The second-order valence-corrected chi connectivity index (χ2v) is 8.92. The van der Waals surface area contributed by atoms with Crippen molar-refractivity contribution in [2.75, 3.05) is 0 Å². The van der Waals surface area contributed by atoms with Gasteiger partial charge in [0.2, 0.25) is 0 Å². The van der Waals surface area contributed by atoms with Gasteiger partial charge in [-0.25, -0.2) is 0 Å². The summed E-state index contributed by atoms with van der Waals surface area (Å²) in [5, 5.41) is 13.0. The highest BCUT2D eigenvalue weighted by molar-refractivity contribution is 7.98. The summed E-state index contributed by atoms with van der Waals surface area (Å²) >= 11 is 7.63. The fourth-order valence-corrected chi connectivity index (χ4v) is 4.41. The first-order chi connectivity index (χ1) is 15.5. The number of amides is 1. The van der Waals surface area contributed by atoms with Gasteiger partial charge in [0.25, 0.3) is 5.91 Å². The Kier molecular flexibility index (Phi) is 6.93. The average Bonchev–Trinajstić information content (AvgIpc) is 3.19. The number of thioether (sulfide) groups is 1. The molecule has 0 aliphatic carbocycles. The van der Waals surface area contributed by atoms with Gasteiger partial charge in [-0.15, -0.1) is 10.2 Å². The molecule has 162 valence electrons. The first-order valence-corrected chi connectivity index (χ1v) is 11.6. The molecule has 1 amide bonds. The maximum atomic E-state index is 12.6. The van der Waals surface area contributed by atoms with Crippen molar-refractivity contribution in [2.24, 2.45) is 0 Å². The summed E-state index contributed by atoms with van der Waals surface area (Å²) in [6.07, 6.45) is 0. The average molecular weight is 463 g/mol. The van der Waals surface area contributed by atoms with E-state index in [1.807, 2.05) is 16.7 Å². The molecule has 0 fully saturated rings. The Morgan fingerprint density at radius 3 is 2.50 bits per heavy atom. The zero-order chi connectivity index (χ0) is 22.5. The van der Waals surface area contributed by atoms with Crippen molar-refractivity contribution >= 4 is 29.3 Å². The van der Waals surface area contributed by atoms with Crippen LogP contribution in [0.3, 0.4) is 0 Å². The minimum atomic E-state index is -0.208. The summed E-state index contributed by atoms with van der Waals surface area (Å²) in [5.41, 5.74) is 5.09. The van der Waals surface area contributed by atoms with Crippen molar-refractivity contribution in [1.82, 2.24) is 20.1 Å². The van der Waals surface area contributed by atoms with Crippen molar-refractivity contribution in [3.05, 3.63) is 106 Å². The predicted molar refractivity (Wildman–Crippen MR) is 129 cm³/mol. The summed E-state index contributed by atoms with van der Waals surface area (Å²) in [5.74, 6) is 1.23. The van der Waals surface area contributed by atoms with Crippen molar-refractivity contribution in [3.63, 3.8) is 0 Å². The van der Waals surface area contributed by atoms with Crippen LogP contribution in [0.4, 0.5) is 0 Å². The number of carbonyl (C=O) groups excluding carboxylic acids is 1. The van der Waals surface area contributed by atoms with Gasteiger partial charge >= 0.3 is 0 Å². The van der Waals surface area contributed by atoms with E-state index in [9.17, 15) is 4.79 Å². The minimum Gasteiger partial charge on any atom is -0.345 e. The molecule has 3 aromatic carbocycles. The number of halogens is 1. The van der Waals surface area contributed by atoms with Crippen molar-refractivity contribution in [2.45, 2.75) is 31.3 Å². The van der Waals surface area contributed by atoms with Crippen LogP contribution >= 0.6 is 23.4 Å².